The molecule has 7 nitrogen and oxygen atoms in total. The van der Waals surface area contributed by atoms with Crippen LogP contribution in [0.5, 0.6) is 0 Å². The summed E-state index contributed by atoms with van der Waals surface area (Å²) < 4.78 is 2.09. The number of imidazole rings is 1. The maximum atomic E-state index is 12.8. The molecule has 0 bridgehead atoms. The Morgan fingerprint density at radius 2 is 2.07 bits per heavy atom. The number of rotatable bonds is 5. The van der Waals surface area contributed by atoms with Gasteiger partial charge in [-0.3, -0.25) is 4.79 Å². The topological polar surface area (TPSA) is 74.0 Å². The van der Waals surface area contributed by atoms with E-state index in [0.717, 1.165) is 61.9 Å². The number of nitrogens with one attached hydrogen (secondary N) is 2. The Morgan fingerprint density at radius 1 is 1.23 bits per heavy atom. The van der Waals surface area contributed by atoms with Crippen molar-refractivity contribution in [1.29, 1.82) is 0 Å². The van der Waals surface area contributed by atoms with Crippen molar-refractivity contribution in [3.8, 4) is 0 Å². The number of aryl methyl sites for hydroxylation is 1. The first-order valence-corrected chi connectivity index (χ1v) is 11.4. The maximum absolute atomic E-state index is 12.8. The molecule has 2 aromatic heterocycles. The lowest BCUT2D eigenvalue weighted by atomic mass is 9.88. The van der Waals surface area contributed by atoms with Gasteiger partial charge in [0, 0.05) is 43.5 Å². The number of amides is 1. The maximum Gasteiger partial charge on any atom is 0.225 e. The average molecular weight is 411 g/mol. The lowest BCUT2D eigenvalue weighted by Gasteiger charge is -2.26. The van der Waals surface area contributed by atoms with Gasteiger partial charge < -0.3 is 19.9 Å². The summed E-state index contributed by atoms with van der Waals surface area (Å²) in [7, 11) is 0. The molecule has 0 aromatic carbocycles. The van der Waals surface area contributed by atoms with Crippen LogP contribution >= 0.6 is 0 Å². The van der Waals surface area contributed by atoms with Crippen LogP contribution in [0.2, 0.25) is 0 Å². The van der Waals surface area contributed by atoms with Gasteiger partial charge in [0.2, 0.25) is 5.91 Å². The normalized spacial score (nSPS) is 20.7. The monoisotopic (exact) mass is 410 g/mol. The second-order valence-electron chi connectivity index (χ2n) is 8.57. The molecular weight excluding hydrogens is 376 g/mol. The van der Waals surface area contributed by atoms with Crippen molar-refractivity contribution in [2.24, 2.45) is 10.9 Å². The van der Waals surface area contributed by atoms with Gasteiger partial charge in [-0.15, -0.1) is 0 Å². The van der Waals surface area contributed by atoms with E-state index < -0.39 is 0 Å². The van der Waals surface area contributed by atoms with Crippen LogP contribution in [0.4, 0.5) is 0 Å². The molecule has 162 valence electrons. The molecule has 1 amide bonds. The number of carbonyl (C=O) groups excluding carboxylic acids is 1. The van der Waals surface area contributed by atoms with Gasteiger partial charge in [-0.1, -0.05) is 25.3 Å². The Kier molecular flexibility index (Phi) is 6.55. The Hall–Kier alpha value is -2.57. The van der Waals surface area contributed by atoms with Crippen LogP contribution < -0.4 is 10.6 Å². The van der Waals surface area contributed by atoms with Gasteiger partial charge in [0.25, 0.3) is 0 Å². The van der Waals surface area contributed by atoms with Crippen LogP contribution in [-0.2, 0) is 11.3 Å². The molecule has 0 spiro atoms. The molecule has 3 heterocycles. The molecule has 0 radical (unpaired) electrons. The molecule has 1 saturated heterocycles. The summed E-state index contributed by atoms with van der Waals surface area (Å²) in [5.41, 5.74) is 3.06. The second-order valence-corrected chi connectivity index (χ2v) is 8.57. The van der Waals surface area contributed by atoms with Crippen molar-refractivity contribution in [2.75, 3.05) is 19.6 Å². The van der Waals surface area contributed by atoms with Gasteiger partial charge in [0.15, 0.2) is 5.96 Å². The largest absolute Gasteiger partial charge is 0.357 e. The minimum atomic E-state index is 0.248. The van der Waals surface area contributed by atoms with E-state index >= 15 is 0 Å². The number of guanidine groups is 1. The summed E-state index contributed by atoms with van der Waals surface area (Å²) in [6, 6.07) is 6.36. The summed E-state index contributed by atoms with van der Waals surface area (Å²) >= 11 is 0. The Balaban J connectivity index is 1.36. The predicted octanol–water partition coefficient (Wildman–Crippen LogP) is 2.88. The van der Waals surface area contributed by atoms with Crippen LogP contribution in [0.3, 0.4) is 0 Å². The van der Waals surface area contributed by atoms with E-state index in [9.17, 15) is 4.79 Å². The third-order valence-electron chi connectivity index (χ3n) is 6.28. The molecule has 1 saturated carbocycles. The fourth-order valence-corrected chi connectivity index (χ4v) is 4.63. The third kappa shape index (κ3) is 4.77. The summed E-state index contributed by atoms with van der Waals surface area (Å²) in [4.78, 5) is 24.3. The van der Waals surface area contributed by atoms with Crippen molar-refractivity contribution in [1.82, 2.24) is 24.9 Å². The van der Waals surface area contributed by atoms with Crippen LogP contribution in [-0.4, -0.2) is 51.8 Å². The summed E-state index contributed by atoms with van der Waals surface area (Å²) in [5, 5.41) is 6.86. The van der Waals surface area contributed by atoms with Gasteiger partial charge in [-0.05, 0) is 45.2 Å². The zero-order valence-corrected chi connectivity index (χ0v) is 18.2. The molecule has 1 atom stereocenters. The number of fused-ring (bicyclic) bond motifs is 1. The molecule has 2 N–H and O–H groups in total. The van der Waals surface area contributed by atoms with Crippen molar-refractivity contribution in [3.63, 3.8) is 0 Å². The highest BCUT2D eigenvalue weighted by atomic mass is 16.2. The average Bonchev–Trinajstić information content (AvgIpc) is 3.40. The van der Waals surface area contributed by atoms with Crippen LogP contribution in [0.15, 0.2) is 29.4 Å². The van der Waals surface area contributed by atoms with Crippen molar-refractivity contribution < 1.29 is 4.79 Å². The highest BCUT2D eigenvalue weighted by Gasteiger charge is 2.31. The molecule has 1 aliphatic heterocycles. The highest BCUT2D eigenvalue weighted by Crippen LogP contribution is 2.26. The number of pyridine rings is 1. The predicted molar refractivity (Wildman–Crippen MR) is 119 cm³/mol. The Labute approximate surface area is 179 Å². The van der Waals surface area contributed by atoms with Crippen molar-refractivity contribution in [2.45, 2.75) is 65.0 Å². The first kappa shape index (κ1) is 20.7. The Morgan fingerprint density at radius 3 is 2.83 bits per heavy atom. The number of nitrogens with zero attached hydrogens (tertiary/aromatic N) is 4. The number of carbonyl (C=O) groups is 1. The quantitative estimate of drug-likeness (QED) is 0.587. The van der Waals surface area contributed by atoms with Gasteiger partial charge >= 0.3 is 0 Å². The molecule has 1 unspecified atom stereocenters. The summed E-state index contributed by atoms with van der Waals surface area (Å²) in [5.74, 6) is 1.40. The summed E-state index contributed by atoms with van der Waals surface area (Å²) in [6.45, 7) is 7.08. The molecular formula is C23H34N6O. The molecule has 1 aliphatic carbocycles. The number of aromatic nitrogens is 2. The minimum absolute atomic E-state index is 0.248. The number of aliphatic imine (C=N–C) groups is 1. The van der Waals surface area contributed by atoms with Crippen molar-refractivity contribution >= 4 is 17.5 Å². The van der Waals surface area contributed by atoms with E-state index in [1.54, 1.807) is 0 Å². The van der Waals surface area contributed by atoms with Crippen LogP contribution in [0, 0.1) is 12.8 Å². The smallest absolute Gasteiger partial charge is 0.225 e. The first-order valence-electron chi connectivity index (χ1n) is 11.4. The molecule has 2 fully saturated rings. The molecule has 2 aromatic rings. The molecule has 7 heteroatoms. The standard InChI is InChI=1S/C23H34N6O/c1-3-24-23(25-14-20-16-29-17(2)8-7-11-21(29)26-20)27-19-12-13-28(15-19)22(30)18-9-5-4-6-10-18/h7-8,11,16,18-19H,3-6,9-10,12-15H2,1-2H3,(H2,24,25,27). The fraction of sp³-hybridized carbons (Fsp3) is 0.609. The lowest BCUT2D eigenvalue weighted by Crippen LogP contribution is -2.45. The van der Waals surface area contributed by atoms with E-state index in [-0.39, 0.29) is 12.0 Å². The van der Waals surface area contributed by atoms with Crippen LogP contribution in [0.25, 0.3) is 5.65 Å². The number of hydrogen-bond acceptors (Lipinski definition) is 3. The van der Waals surface area contributed by atoms with Gasteiger partial charge in [-0.2, -0.15) is 0 Å². The summed E-state index contributed by atoms with van der Waals surface area (Å²) in [6.07, 6.45) is 8.83. The molecule has 4 rings (SSSR count). The first-order chi connectivity index (χ1) is 14.6. The van der Waals surface area contributed by atoms with Gasteiger partial charge in [0.05, 0.1) is 12.2 Å². The minimum Gasteiger partial charge on any atom is -0.357 e. The van der Waals surface area contributed by atoms with E-state index in [0.29, 0.717) is 12.5 Å². The zero-order valence-electron chi connectivity index (χ0n) is 18.2. The molecule has 30 heavy (non-hydrogen) atoms. The zero-order chi connectivity index (χ0) is 20.9. The number of hydrogen-bond donors (Lipinski definition) is 2. The van der Waals surface area contributed by atoms with Gasteiger partial charge in [0.1, 0.15) is 5.65 Å². The molecule has 2 aliphatic rings. The van der Waals surface area contributed by atoms with Crippen LogP contribution in [0.1, 0.15) is 56.8 Å². The number of likely N-dealkylation sites (tertiary alicyclic amines) is 1. The fourth-order valence-electron chi connectivity index (χ4n) is 4.63. The van der Waals surface area contributed by atoms with Crippen molar-refractivity contribution in [3.05, 3.63) is 35.8 Å². The Bertz CT molecular complexity index is 898. The van der Waals surface area contributed by atoms with E-state index in [1.807, 2.05) is 12.1 Å². The highest BCUT2D eigenvalue weighted by molar-refractivity contribution is 5.81. The van der Waals surface area contributed by atoms with Gasteiger partial charge in [-0.25, -0.2) is 9.98 Å². The van der Waals surface area contributed by atoms with E-state index in [4.69, 9.17) is 4.99 Å². The third-order valence-corrected chi connectivity index (χ3v) is 6.28. The SMILES string of the molecule is CCNC(=NCc1cn2c(C)cccc2n1)NC1CCN(C(=O)C2CCCCC2)C1. The lowest BCUT2D eigenvalue weighted by molar-refractivity contribution is -0.135. The van der Waals surface area contributed by atoms with E-state index in [1.165, 1.54) is 19.3 Å². The second kappa shape index (κ2) is 9.49. The van der Waals surface area contributed by atoms with E-state index in [2.05, 4.69) is 51.0 Å².